The summed E-state index contributed by atoms with van der Waals surface area (Å²) in [5.74, 6) is 0.0995. The van der Waals surface area contributed by atoms with Crippen LogP contribution in [0.2, 0.25) is 0 Å². The number of aromatic amines is 1. The van der Waals surface area contributed by atoms with Crippen molar-refractivity contribution in [1.82, 2.24) is 29.5 Å². The van der Waals surface area contributed by atoms with E-state index in [1.54, 1.807) is 10.6 Å². The van der Waals surface area contributed by atoms with Gasteiger partial charge in [-0.05, 0) is 24.6 Å². The number of aromatic nitrogens is 6. The quantitative estimate of drug-likeness (QED) is 0.539. The van der Waals surface area contributed by atoms with E-state index in [-0.39, 0.29) is 11.5 Å². The predicted octanol–water partition coefficient (Wildman–Crippen LogP) is 0.918. The number of pyridine rings is 2. The Balaban J connectivity index is 2.11. The molecule has 108 valence electrons. The van der Waals surface area contributed by atoms with E-state index in [1.165, 1.54) is 12.4 Å². The van der Waals surface area contributed by atoms with Crippen LogP contribution in [0.1, 0.15) is 5.56 Å². The lowest BCUT2D eigenvalue weighted by Gasteiger charge is -2.09. The van der Waals surface area contributed by atoms with Crippen LogP contribution in [0, 0.1) is 6.92 Å². The number of H-pyrrole nitrogens is 1. The highest BCUT2D eigenvalue weighted by Crippen LogP contribution is 2.28. The van der Waals surface area contributed by atoms with Gasteiger partial charge in [0.25, 0.3) is 0 Å². The lowest BCUT2D eigenvalue weighted by Crippen LogP contribution is -2.07. The van der Waals surface area contributed by atoms with Gasteiger partial charge >= 0.3 is 0 Å². The summed E-state index contributed by atoms with van der Waals surface area (Å²) in [4.78, 5) is 26.7. The van der Waals surface area contributed by atoms with Gasteiger partial charge in [-0.3, -0.25) is 4.79 Å². The van der Waals surface area contributed by atoms with Gasteiger partial charge in [0.2, 0.25) is 11.5 Å². The maximum absolute atomic E-state index is 11.5. The standard InChI is InChI=1S/C14H11N7O/c1-7-4-10-16-6-17-21(10)5-9(7)12-8-2-3-11(22)18-13(8)20-14(15)19-12/h2-6H,1H3,(H3,15,18,19,20,22). The summed E-state index contributed by atoms with van der Waals surface area (Å²) in [5, 5.41) is 4.85. The molecule has 0 aliphatic carbocycles. The molecule has 4 heterocycles. The molecule has 4 aromatic rings. The van der Waals surface area contributed by atoms with Crippen molar-refractivity contribution in [3.63, 3.8) is 0 Å². The van der Waals surface area contributed by atoms with Gasteiger partial charge in [0.1, 0.15) is 12.0 Å². The predicted molar refractivity (Wildman–Crippen MR) is 81.3 cm³/mol. The third-order valence-electron chi connectivity index (χ3n) is 3.48. The number of nitrogens with two attached hydrogens (primary N) is 1. The molecule has 0 aromatic carbocycles. The Bertz CT molecular complexity index is 1080. The van der Waals surface area contributed by atoms with Crippen LogP contribution in [0.15, 0.2) is 35.5 Å². The molecule has 8 heteroatoms. The summed E-state index contributed by atoms with van der Waals surface area (Å²) in [6.07, 6.45) is 3.33. The van der Waals surface area contributed by atoms with Crippen LogP contribution >= 0.6 is 0 Å². The van der Waals surface area contributed by atoms with Crippen molar-refractivity contribution in [3.05, 3.63) is 46.6 Å². The van der Waals surface area contributed by atoms with Crippen molar-refractivity contribution in [2.45, 2.75) is 6.92 Å². The normalized spacial score (nSPS) is 11.3. The number of rotatable bonds is 1. The molecule has 0 amide bonds. The van der Waals surface area contributed by atoms with Gasteiger partial charge in [-0.15, -0.1) is 0 Å². The number of hydrogen-bond donors (Lipinski definition) is 2. The van der Waals surface area contributed by atoms with Crippen molar-refractivity contribution in [1.29, 1.82) is 0 Å². The van der Waals surface area contributed by atoms with E-state index in [1.807, 2.05) is 19.2 Å². The zero-order chi connectivity index (χ0) is 15.3. The lowest BCUT2D eigenvalue weighted by atomic mass is 10.1. The van der Waals surface area contributed by atoms with E-state index in [4.69, 9.17) is 5.73 Å². The van der Waals surface area contributed by atoms with E-state index in [2.05, 4.69) is 25.0 Å². The van der Waals surface area contributed by atoms with E-state index >= 15 is 0 Å². The van der Waals surface area contributed by atoms with Crippen LogP contribution < -0.4 is 11.3 Å². The van der Waals surface area contributed by atoms with Crippen LogP contribution in [-0.2, 0) is 0 Å². The summed E-state index contributed by atoms with van der Waals surface area (Å²) >= 11 is 0. The van der Waals surface area contributed by atoms with E-state index in [0.717, 1.165) is 22.2 Å². The van der Waals surface area contributed by atoms with Gasteiger partial charge in [-0.2, -0.15) is 10.1 Å². The van der Waals surface area contributed by atoms with Gasteiger partial charge in [-0.25, -0.2) is 14.5 Å². The molecule has 8 nitrogen and oxygen atoms in total. The molecule has 0 saturated carbocycles. The molecule has 0 fully saturated rings. The Hall–Kier alpha value is -3.29. The van der Waals surface area contributed by atoms with Crippen LogP contribution in [-0.4, -0.2) is 29.5 Å². The molecule has 4 rings (SSSR count). The third-order valence-corrected chi connectivity index (χ3v) is 3.48. The fourth-order valence-electron chi connectivity index (χ4n) is 2.47. The van der Waals surface area contributed by atoms with Gasteiger partial charge < -0.3 is 10.7 Å². The first-order chi connectivity index (χ1) is 10.6. The van der Waals surface area contributed by atoms with Crippen LogP contribution in [0.4, 0.5) is 5.95 Å². The van der Waals surface area contributed by atoms with Crippen LogP contribution in [0.25, 0.3) is 27.9 Å². The Morgan fingerprint density at radius 2 is 2.14 bits per heavy atom. The van der Waals surface area contributed by atoms with Gasteiger partial charge in [0.15, 0.2) is 5.65 Å². The van der Waals surface area contributed by atoms with Crippen molar-refractivity contribution in [2.75, 3.05) is 5.73 Å². The number of nitrogens with one attached hydrogen (secondary N) is 1. The maximum Gasteiger partial charge on any atom is 0.249 e. The minimum atomic E-state index is -0.236. The summed E-state index contributed by atoms with van der Waals surface area (Å²) in [6.45, 7) is 1.96. The van der Waals surface area contributed by atoms with Gasteiger partial charge in [-0.1, -0.05) is 0 Å². The SMILES string of the molecule is Cc1cc2ncnn2cc1-c1nc(N)nc2[nH]c(=O)ccc12. The summed E-state index contributed by atoms with van der Waals surface area (Å²) in [5.41, 5.74) is 9.18. The topological polar surface area (TPSA) is 115 Å². The molecule has 0 spiro atoms. The zero-order valence-electron chi connectivity index (χ0n) is 11.6. The molecule has 22 heavy (non-hydrogen) atoms. The maximum atomic E-state index is 11.5. The van der Waals surface area contributed by atoms with Crippen molar-refractivity contribution in [3.8, 4) is 11.3 Å². The first-order valence-electron chi connectivity index (χ1n) is 6.59. The molecule has 0 bridgehead atoms. The third kappa shape index (κ3) is 1.81. The fourth-order valence-corrected chi connectivity index (χ4v) is 2.47. The Kier molecular flexibility index (Phi) is 2.46. The van der Waals surface area contributed by atoms with E-state index in [9.17, 15) is 4.79 Å². The summed E-state index contributed by atoms with van der Waals surface area (Å²) in [6, 6.07) is 5.04. The molecular formula is C14H11N7O. The molecule has 0 aliphatic heterocycles. The van der Waals surface area contributed by atoms with Crippen molar-refractivity contribution in [2.24, 2.45) is 0 Å². The van der Waals surface area contributed by atoms with Gasteiger partial charge in [0, 0.05) is 23.2 Å². The van der Waals surface area contributed by atoms with Crippen molar-refractivity contribution >= 4 is 22.6 Å². The molecule has 3 N–H and O–H groups in total. The minimum absolute atomic E-state index is 0.0995. The lowest BCUT2D eigenvalue weighted by molar-refractivity contribution is 0.958. The second-order valence-electron chi connectivity index (χ2n) is 4.95. The second-order valence-corrected chi connectivity index (χ2v) is 4.95. The zero-order valence-corrected chi connectivity index (χ0v) is 11.6. The molecule has 0 saturated heterocycles. The summed E-state index contributed by atoms with van der Waals surface area (Å²) in [7, 11) is 0. The Morgan fingerprint density at radius 1 is 1.27 bits per heavy atom. The molecule has 4 aromatic heterocycles. The largest absolute Gasteiger partial charge is 0.368 e. The monoisotopic (exact) mass is 293 g/mol. The van der Waals surface area contributed by atoms with Crippen LogP contribution in [0.3, 0.4) is 0 Å². The molecule has 0 aliphatic rings. The number of hydrogen-bond acceptors (Lipinski definition) is 6. The van der Waals surface area contributed by atoms with E-state index < -0.39 is 0 Å². The first-order valence-corrected chi connectivity index (χ1v) is 6.59. The summed E-state index contributed by atoms with van der Waals surface area (Å²) < 4.78 is 1.66. The smallest absolute Gasteiger partial charge is 0.249 e. The second kappa shape index (κ2) is 4.35. The number of nitrogen functional groups attached to an aromatic ring is 1. The Labute approximate surface area is 123 Å². The molecule has 0 atom stereocenters. The minimum Gasteiger partial charge on any atom is -0.368 e. The number of anilines is 1. The van der Waals surface area contributed by atoms with Gasteiger partial charge in [0.05, 0.1) is 5.69 Å². The molecule has 0 unspecified atom stereocenters. The van der Waals surface area contributed by atoms with Crippen LogP contribution in [0.5, 0.6) is 0 Å². The Morgan fingerprint density at radius 3 is 3.00 bits per heavy atom. The average molecular weight is 293 g/mol. The number of nitrogens with zero attached hydrogens (tertiary/aromatic N) is 5. The van der Waals surface area contributed by atoms with E-state index in [0.29, 0.717) is 11.3 Å². The number of fused-ring (bicyclic) bond motifs is 2. The molecular weight excluding hydrogens is 282 g/mol. The molecule has 0 radical (unpaired) electrons. The fraction of sp³-hybridized carbons (Fsp3) is 0.0714. The highest BCUT2D eigenvalue weighted by atomic mass is 16.1. The number of aryl methyl sites for hydroxylation is 1. The average Bonchev–Trinajstić information content (AvgIpc) is 2.92. The van der Waals surface area contributed by atoms with Crippen molar-refractivity contribution < 1.29 is 0 Å². The highest BCUT2D eigenvalue weighted by Gasteiger charge is 2.13. The first kappa shape index (κ1) is 12.5. The highest BCUT2D eigenvalue weighted by molar-refractivity contribution is 5.91.